The van der Waals surface area contributed by atoms with E-state index in [-0.39, 0.29) is 17.9 Å². The van der Waals surface area contributed by atoms with Crippen molar-refractivity contribution in [2.45, 2.75) is 26.7 Å². The van der Waals surface area contributed by atoms with Crippen LogP contribution in [0.15, 0.2) is 36.4 Å². The Morgan fingerprint density at radius 2 is 1.77 bits per heavy atom. The van der Waals surface area contributed by atoms with Gasteiger partial charge in [0, 0.05) is 48.4 Å². The minimum absolute atomic E-state index is 0.0231. The van der Waals surface area contributed by atoms with Crippen molar-refractivity contribution in [1.29, 1.82) is 0 Å². The zero-order chi connectivity index (χ0) is 22.1. The predicted octanol–water partition coefficient (Wildman–Crippen LogP) is 3.26. The topological polar surface area (TPSA) is 85.0 Å². The van der Waals surface area contributed by atoms with E-state index in [9.17, 15) is 13.6 Å². The third-order valence-corrected chi connectivity index (χ3v) is 5.34. The number of hydrogen-bond acceptors (Lipinski definition) is 5. The lowest BCUT2D eigenvalue weighted by Gasteiger charge is -2.39. The number of nitrogen functional groups attached to an aromatic ring is 1. The van der Waals surface area contributed by atoms with E-state index < -0.39 is 11.6 Å². The minimum Gasteiger partial charge on any atom is -0.397 e. The normalized spacial score (nSPS) is 13.9. The lowest BCUT2D eigenvalue weighted by Crippen LogP contribution is -2.51. The summed E-state index contributed by atoms with van der Waals surface area (Å²) in [6, 6.07) is 8.37. The molecule has 1 aliphatic rings. The zero-order valence-electron chi connectivity index (χ0n) is 17.4. The molecule has 0 radical (unpaired) electrons. The van der Waals surface area contributed by atoms with E-state index in [1.165, 1.54) is 12.1 Å². The average molecular weight is 423 g/mol. The Morgan fingerprint density at radius 1 is 1.06 bits per heavy atom. The Balaban J connectivity index is 1.40. The summed E-state index contributed by atoms with van der Waals surface area (Å²) in [4.78, 5) is 27.7. The number of hydrogen-bond donors (Lipinski definition) is 1. The van der Waals surface area contributed by atoms with E-state index in [1.807, 2.05) is 19.9 Å². The number of aromatic nitrogens is 3. The van der Waals surface area contributed by atoms with Crippen LogP contribution in [0.2, 0.25) is 0 Å². The quantitative estimate of drug-likeness (QED) is 0.681. The van der Waals surface area contributed by atoms with Crippen LogP contribution in [0.4, 0.5) is 14.5 Å². The SMILES string of the molecule is Cc1cc(C)nc(CC2CN(C(=O)Cc3nc(-c4ccc(F)cc4F)ccc3N)C2)n1. The second-order valence-electron chi connectivity index (χ2n) is 7.97. The van der Waals surface area contributed by atoms with Gasteiger partial charge in [-0.15, -0.1) is 0 Å². The van der Waals surface area contributed by atoms with Crippen molar-refractivity contribution in [2.75, 3.05) is 18.8 Å². The first-order valence-corrected chi connectivity index (χ1v) is 10.1. The first-order chi connectivity index (χ1) is 14.8. The first-order valence-electron chi connectivity index (χ1n) is 10.1. The van der Waals surface area contributed by atoms with Gasteiger partial charge in [-0.05, 0) is 44.2 Å². The van der Waals surface area contributed by atoms with Crippen LogP contribution in [0.25, 0.3) is 11.3 Å². The summed E-state index contributed by atoms with van der Waals surface area (Å²) < 4.78 is 27.3. The molecule has 3 heterocycles. The van der Waals surface area contributed by atoms with Crippen molar-refractivity contribution in [2.24, 2.45) is 5.92 Å². The van der Waals surface area contributed by atoms with Crippen LogP contribution >= 0.6 is 0 Å². The van der Waals surface area contributed by atoms with E-state index >= 15 is 0 Å². The molecule has 3 aromatic rings. The van der Waals surface area contributed by atoms with Crippen LogP contribution < -0.4 is 5.73 Å². The van der Waals surface area contributed by atoms with Gasteiger partial charge in [-0.1, -0.05) is 0 Å². The molecule has 160 valence electrons. The summed E-state index contributed by atoms with van der Waals surface area (Å²) in [7, 11) is 0. The van der Waals surface area contributed by atoms with Gasteiger partial charge in [-0.2, -0.15) is 0 Å². The number of anilines is 1. The molecule has 1 amide bonds. The third kappa shape index (κ3) is 4.68. The number of halogens is 2. The molecule has 31 heavy (non-hydrogen) atoms. The van der Waals surface area contributed by atoms with Crippen molar-refractivity contribution in [3.63, 3.8) is 0 Å². The standard InChI is InChI=1S/C23H23F2N5O/c1-13-7-14(2)28-22(27-13)8-15-11-30(12-15)23(31)10-21-19(26)5-6-20(29-21)17-4-3-16(24)9-18(17)25/h3-7,9,15H,8,10-12,26H2,1-2H3. The van der Waals surface area contributed by atoms with Crippen LogP contribution in [-0.2, 0) is 17.6 Å². The molecule has 2 aromatic heterocycles. The molecule has 2 N–H and O–H groups in total. The Bertz CT molecular complexity index is 1120. The molecule has 0 unspecified atom stereocenters. The zero-order valence-corrected chi connectivity index (χ0v) is 17.4. The molecule has 4 rings (SSSR count). The van der Waals surface area contributed by atoms with Crippen molar-refractivity contribution >= 4 is 11.6 Å². The minimum atomic E-state index is -0.714. The largest absolute Gasteiger partial charge is 0.397 e. The van der Waals surface area contributed by atoms with E-state index in [0.717, 1.165) is 29.7 Å². The summed E-state index contributed by atoms with van der Waals surface area (Å²) in [5.74, 6) is -0.349. The molecule has 0 saturated carbocycles. The highest BCUT2D eigenvalue weighted by Gasteiger charge is 2.31. The van der Waals surface area contributed by atoms with Gasteiger partial charge in [0.25, 0.3) is 0 Å². The summed E-state index contributed by atoms with van der Waals surface area (Å²) in [6.07, 6.45) is 0.751. The van der Waals surface area contributed by atoms with Gasteiger partial charge < -0.3 is 10.6 Å². The van der Waals surface area contributed by atoms with Crippen LogP contribution in [0.1, 0.15) is 22.9 Å². The molecule has 1 aliphatic heterocycles. The maximum absolute atomic E-state index is 14.1. The predicted molar refractivity (Wildman–Crippen MR) is 113 cm³/mol. The maximum Gasteiger partial charge on any atom is 0.228 e. The molecule has 1 aromatic carbocycles. The molecule has 6 nitrogen and oxygen atoms in total. The van der Waals surface area contributed by atoms with Gasteiger partial charge in [0.15, 0.2) is 0 Å². The molecule has 8 heteroatoms. The van der Waals surface area contributed by atoms with Crippen molar-refractivity contribution in [3.8, 4) is 11.3 Å². The highest BCUT2D eigenvalue weighted by Crippen LogP contribution is 2.25. The van der Waals surface area contributed by atoms with Crippen LogP contribution in [0, 0.1) is 31.4 Å². The molecule has 0 aliphatic carbocycles. The molecule has 1 saturated heterocycles. The Morgan fingerprint density at radius 3 is 2.45 bits per heavy atom. The second-order valence-corrected chi connectivity index (χ2v) is 7.97. The fourth-order valence-electron chi connectivity index (χ4n) is 3.81. The molecular formula is C23H23F2N5O. The van der Waals surface area contributed by atoms with E-state index in [4.69, 9.17) is 5.73 Å². The lowest BCUT2D eigenvalue weighted by molar-refractivity contribution is -0.136. The van der Waals surface area contributed by atoms with Crippen molar-refractivity contribution in [3.05, 3.63) is 70.9 Å². The maximum atomic E-state index is 14.1. The molecule has 0 spiro atoms. The van der Waals surface area contributed by atoms with Crippen molar-refractivity contribution < 1.29 is 13.6 Å². The fraction of sp³-hybridized carbons (Fsp3) is 0.304. The number of carbonyl (C=O) groups is 1. The Hall–Kier alpha value is -3.42. The molecule has 0 atom stereocenters. The Labute approximate surface area is 179 Å². The number of amides is 1. The van der Waals surface area contributed by atoms with E-state index in [1.54, 1.807) is 17.0 Å². The highest BCUT2D eigenvalue weighted by molar-refractivity contribution is 5.81. The number of nitrogens with zero attached hydrogens (tertiary/aromatic N) is 4. The highest BCUT2D eigenvalue weighted by atomic mass is 19.1. The number of rotatable bonds is 5. The monoisotopic (exact) mass is 423 g/mol. The van der Waals surface area contributed by atoms with Crippen LogP contribution in [0.3, 0.4) is 0 Å². The fourth-order valence-corrected chi connectivity index (χ4v) is 3.81. The first kappa shape index (κ1) is 20.8. The Kier molecular flexibility index (Phi) is 5.63. The van der Waals surface area contributed by atoms with Crippen molar-refractivity contribution in [1.82, 2.24) is 19.9 Å². The summed E-state index contributed by atoms with van der Waals surface area (Å²) >= 11 is 0. The molecule has 1 fully saturated rings. The van der Waals surface area contributed by atoms with Gasteiger partial charge in [0.2, 0.25) is 5.91 Å². The average Bonchev–Trinajstić information content (AvgIpc) is 2.65. The van der Waals surface area contributed by atoms with Crippen LogP contribution in [0.5, 0.6) is 0 Å². The van der Waals surface area contributed by atoms with Gasteiger partial charge >= 0.3 is 0 Å². The number of nitrogens with two attached hydrogens (primary N) is 1. The van der Waals surface area contributed by atoms with E-state index in [2.05, 4.69) is 15.0 Å². The summed E-state index contributed by atoms with van der Waals surface area (Å²) in [6.45, 7) is 5.14. The number of benzene rings is 1. The molecule has 0 bridgehead atoms. The van der Waals surface area contributed by atoms with Gasteiger partial charge in [-0.25, -0.2) is 18.7 Å². The molecular weight excluding hydrogens is 400 g/mol. The summed E-state index contributed by atoms with van der Waals surface area (Å²) in [5, 5.41) is 0. The summed E-state index contributed by atoms with van der Waals surface area (Å²) in [5.41, 5.74) is 9.08. The lowest BCUT2D eigenvalue weighted by atomic mass is 9.95. The number of pyridine rings is 1. The van der Waals surface area contributed by atoms with Gasteiger partial charge in [0.1, 0.15) is 17.5 Å². The van der Waals surface area contributed by atoms with Gasteiger partial charge in [0.05, 0.1) is 23.5 Å². The number of carbonyl (C=O) groups excluding carboxylic acids is 1. The second kappa shape index (κ2) is 8.37. The van der Waals surface area contributed by atoms with Gasteiger partial charge in [-0.3, -0.25) is 9.78 Å². The number of aryl methyl sites for hydroxylation is 2. The smallest absolute Gasteiger partial charge is 0.228 e. The third-order valence-electron chi connectivity index (χ3n) is 5.34. The van der Waals surface area contributed by atoms with E-state index in [0.29, 0.717) is 36.1 Å². The van der Waals surface area contributed by atoms with Crippen LogP contribution in [-0.4, -0.2) is 38.8 Å². The number of likely N-dealkylation sites (tertiary alicyclic amines) is 1.